The highest BCUT2D eigenvalue weighted by Crippen LogP contribution is 2.29. The lowest BCUT2D eigenvalue weighted by Gasteiger charge is -2.09. The molecule has 24 heavy (non-hydrogen) atoms. The molecule has 2 aromatic carbocycles. The Hall–Kier alpha value is -3.46. The van der Waals surface area contributed by atoms with Crippen molar-refractivity contribution < 1.29 is 4.39 Å². The van der Waals surface area contributed by atoms with E-state index in [1.54, 1.807) is 18.2 Å². The molecule has 4 N–H and O–H groups in total. The average Bonchev–Trinajstić information content (AvgIpc) is 2.56. The van der Waals surface area contributed by atoms with Gasteiger partial charge >= 0.3 is 0 Å². The number of nitriles is 1. The highest BCUT2D eigenvalue weighted by molar-refractivity contribution is 5.76. The fraction of sp³-hybridized carbons (Fsp3) is 0.0556. The Kier molecular flexibility index (Phi) is 3.84. The first-order valence-electron chi connectivity index (χ1n) is 7.19. The molecule has 0 saturated heterocycles. The Labute approximate surface area is 138 Å². The van der Waals surface area contributed by atoms with Gasteiger partial charge in [0.2, 0.25) is 5.95 Å². The van der Waals surface area contributed by atoms with Crippen molar-refractivity contribution >= 4 is 11.8 Å². The second-order valence-corrected chi connectivity index (χ2v) is 5.34. The highest BCUT2D eigenvalue weighted by Gasteiger charge is 2.13. The van der Waals surface area contributed by atoms with Gasteiger partial charge in [-0.1, -0.05) is 30.3 Å². The Morgan fingerprint density at radius 1 is 1.00 bits per heavy atom. The van der Waals surface area contributed by atoms with E-state index in [0.29, 0.717) is 11.3 Å². The summed E-state index contributed by atoms with van der Waals surface area (Å²) >= 11 is 0. The number of hydrogen-bond acceptors (Lipinski definition) is 5. The molecule has 0 amide bonds. The van der Waals surface area contributed by atoms with Crippen LogP contribution in [0.15, 0.2) is 42.5 Å². The zero-order valence-electron chi connectivity index (χ0n) is 12.9. The molecule has 1 heterocycles. The van der Waals surface area contributed by atoms with Crippen LogP contribution in [0.5, 0.6) is 0 Å². The van der Waals surface area contributed by atoms with Gasteiger partial charge in [-0.3, -0.25) is 0 Å². The molecule has 0 saturated carbocycles. The molecular formula is C18H14FN5. The predicted molar refractivity (Wildman–Crippen MR) is 91.1 cm³/mol. The van der Waals surface area contributed by atoms with Crippen LogP contribution >= 0.6 is 0 Å². The summed E-state index contributed by atoms with van der Waals surface area (Å²) in [6.45, 7) is 1.92. The van der Waals surface area contributed by atoms with Crippen LogP contribution < -0.4 is 11.5 Å². The number of anilines is 2. The van der Waals surface area contributed by atoms with E-state index in [9.17, 15) is 9.65 Å². The van der Waals surface area contributed by atoms with E-state index in [4.69, 9.17) is 11.5 Å². The molecule has 5 nitrogen and oxygen atoms in total. The molecule has 0 radical (unpaired) electrons. The summed E-state index contributed by atoms with van der Waals surface area (Å²) in [6.07, 6.45) is 0. The molecule has 118 valence electrons. The lowest BCUT2D eigenvalue weighted by Crippen LogP contribution is -2.04. The maximum Gasteiger partial charge on any atom is 0.222 e. The zero-order chi connectivity index (χ0) is 17.3. The van der Waals surface area contributed by atoms with Crippen LogP contribution in [0.2, 0.25) is 0 Å². The van der Waals surface area contributed by atoms with Gasteiger partial charge in [0, 0.05) is 5.56 Å². The quantitative estimate of drug-likeness (QED) is 0.754. The lowest BCUT2D eigenvalue weighted by atomic mass is 9.98. The number of nitrogen functional groups attached to an aromatic ring is 2. The van der Waals surface area contributed by atoms with E-state index in [0.717, 1.165) is 16.7 Å². The topological polar surface area (TPSA) is 102 Å². The Morgan fingerprint density at radius 2 is 1.67 bits per heavy atom. The monoisotopic (exact) mass is 319 g/mol. The maximum absolute atomic E-state index is 13.5. The van der Waals surface area contributed by atoms with E-state index >= 15 is 0 Å². The second kappa shape index (κ2) is 5.97. The Balaban J connectivity index is 2.08. The molecule has 0 unspecified atom stereocenters. The van der Waals surface area contributed by atoms with Crippen LogP contribution in [-0.4, -0.2) is 9.97 Å². The van der Waals surface area contributed by atoms with Crippen LogP contribution in [-0.2, 0) is 0 Å². The van der Waals surface area contributed by atoms with Crippen LogP contribution in [0, 0.1) is 24.1 Å². The van der Waals surface area contributed by atoms with Crippen molar-refractivity contribution in [2.75, 3.05) is 11.5 Å². The number of aryl methyl sites for hydroxylation is 1. The van der Waals surface area contributed by atoms with Crippen molar-refractivity contribution in [2.24, 2.45) is 0 Å². The molecule has 0 atom stereocenters. The normalized spacial score (nSPS) is 10.4. The summed E-state index contributed by atoms with van der Waals surface area (Å²) in [5.41, 5.74) is 15.2. The summed E-state index contributed by atoms with van der Waals surface area (Å²) in [5.74, 6) is -0.237. The summed E-state index contributed by atoms with van der Waals surface area (Å²) < 4.78 is 13.5. The first-order chi connectivity index (χ1) is 11.5. The first kappa shape index (κ1) is 15.4. The van der Waals surface area contributed by atoms with Crippen molar-refractivity contribution in [3.8, 4) is 28.5 Å². The zero-order valence-corrected chi connectivity index (χ0v) is 12.9. The van der Waals surface area contributed by atoms with Gasteiger partial charge in [0.25, 0.3) is 0 Å². The van der Waals surface area contributed by atoms with E-state index in [1.165, 1.54) is 12.1 Å². The van der Waals surface area contributed by atoms with Crippen molar-refractivity contribution in [2.45, 2.75) is 6.92 Å². The number of rotatable bonds is 2. The fourth-order valence-electron chi connectivity index (χ4n) is 2.53. The van der Waals surface area contributed by atoms with Crippen molar-refractivity contribution in [3.05, 3.63) is 59.4 Å². The van der Waals surface area contributed by atoms with Crippen LogP contribution in [0.3, 0.4) is 0 Å². The predicted octanol–water partition coefficient (Wildman–Crippen LogP) is 3.29. The standard InChI is InChI=1S/C18H14FN5/c1-10-2-7-13(19)8-14(10)11-3-5-12(6-4-11)16-15(9-20)17(21)24-18(22)23-16/h2-8H,1H3,(H4,21,22,23,24). The Morgan fingerprint density at radius 3 is 2.33 bits per heavy atom. The number of benzene rings is 2. The SMILES string of the molecule is Cc1ccc(F)cc1-c1ccc(-c2nc(N)nc(N)c2C#N)cc1. The lowest BCUT2D eigenvalue weighted by molar-refractivity contribution is 0.628. The summed E-state index contributed by atoms with van der Waals surface area (Å²) in [5, 5.41) is 9.26. The second-order valence-electron chi connectivity index (χ2n) is 5.34. The van der Waals surface area contributed by atoms with Crippen LogP contribution in [0.1, 0.15) is 11.1 Å². The third kappa shape index (κ3) is 2.75. The molecule has 0 fully saturated rings. The van der Waals surface area contributed by atoms with Gasteiger partial charge in [0.15, 0.2) is 0 Å². The van der Waals surface area contributed by atoms with Gasteiger partial charge < -0.3 is 11.5 Å². The fourth-order valence-corrected chi connectivity index (χ4v) is 2.53. The molecule has 0 aliphatic carbocycles. The van der Waals surface area contributed by atoms with Crippen LogP contribution in [0.25, 0.3) is 22.4 Å². The van der Waals surface area contributed by atoms with E-state index in [1.807, 2.05) is 25.1 Å². The number of nitrogens with two attached hydrogens (primary N) is 2. The van der Waals surface area contributed by atoms with Gasteiger partial charge in [0.1, 0.15) is 23.3 Å². The van der Waals surface area contributed by atoms with Crippen molar-refractivity contribution in [1.29, 1.82) is 5.26 Å². The minimum absolute atomic E-state index is 0.00607. The summed E-state index contributed by atoms with van der Waals surface area (Å²) in [4.78, 5) is 7.91. The molecule has 3 rings (SSSR count). The maximum atomic E-state index is 13.5. The average molecular weight is 319 g/mol. The first-order valence-corrected chi connectivity index (χ1v) is 7.19. The van der Waals surface area contributed by atoms with Crippen molar-refractivity contribution in [1.82, 2.24) is 9.97 Å². The van der Waals surface area contributed by atoms with Gasteiger partial charge in [-0.25, -0.2) is 9.37 Å². The van der Waals surface area contributed by atoms with E-state index in [-0.39, 0.29) is 23.1 Å². The van der Waals surface area contributed by atoms with Crippen molar-refractivity contribution in [3.63, 3.8) is 0 Å². The Bertz CT molecular complexity index is 958. The van der Waals surface area contributed by atoms with Gasteiger partial charge in [-0.15, -0.1) is 0 Å². The summed E-state index contributed by atoms with van der Waals surface area (Å²) in [6, 6.07) is 13.9. The number of aromatic nitrogens is 2. The van der Waals surface area contributed by atoms with Gasteiger partial charge in [-0.05, 0) is 35.7 Å². The van der Waals surface area contributed by atoms with Crippen LogP contribution in [0.4, 0.5) is 16.2 Å². The molecule has 0 aliphatic rings. The largest absolute Gasteiger partial charge is 0.382 e. The number of hydrogen-bond donors (Lipinski definition) is 2. The highest BCUT2D eigenvalue weighted by atomic mass is 19.1. The van der Waals surface area contributed by atoms with E-state index in [2.05, 4.69) is 9.97 Å². The molecule has 0 spiro atoms. The minimum Gasteiger partial charge on any atom is -0.382 e. The summed E-state index contributed by atoms with van der Waals surface area (Å²) in [7, 11) is 0. The smallest absolute Gasteiger partial charge is 0.222 e. The third-order valence-corrected chi connectivity index (χ3v) is 3.74. The van der Waals surface area contributed by atoms with Gasteiger partial charge in [0.05, 0.1) is 5.69 Å². The van der Waals surface area contributed by atoms with Gasteiger partial charge in [-0.2, -0.15) is 10.2 Å². The number of halogens is 1. The molecule has 3 aromatic rings. The van der Waals surface area contributed by atoms with E-state index < -0.39 is 0 Å². The number of nitrogens with zero attached hydrogens (tertiary/aromatic N) is 3. The molecule has 1 aromatic heterocycles. The third-order valence-electron chi connectivity index (χ3n) is 3.74. The minimum atomic E-state index is -0.289. The molecule has 0 bridgehead atoms. The molecular weight excluding hydrogens is 305 g/mol. The molecule has 6 heteroatoms. The molecule has 0 aliphatic heterocycles.